The summed E-state index contributed by atoms with van der Waals surface area (Å²) in [5.74, 6) is 0.295. The number of rotatable bonds is 3. The van der Waals surface area contributed by atoms with E-state index in [4.69, 9.17) is 11.6 Å². The molecule has 94 valence electrons. The molecule has 0 radical (unpaired) electrons. The third-order valence-electron chi connectivity index (χ3n) is 2.27. The second-order valence-electron chi connectivity index (χ2n) is 3.81. The van der Waals surface area contributed by atoms with E-state index in [1.165, 1.54) is 6.07 Å². The van der Waals surface area contributed by atoms with Crippen molar-refractivity contribution in [2.45, 2.75) is 17.8 Å². The summed E-state index contributed by atoms with van der Waals surface area (Å²) < 4.78 is 12.0. The maximum Gasteiger partial charge on any atom is 0.251 e. The van der Waals surface area contributed by atoms with E-state index in [2.05, 4.69) is 9.97 Å². The number of nitrogens with one attached hydrogen (secondary N) is 1. The molecule has 6 heteroatoms. The number of aromatic nitrogens is 2. The molecule has 1 atom stereocenters. The monoisotopic (exact) mass is 282 g/mol. The lowest BCUT2D eigenvalue weighted by molar-refractivity contribution is 0.673. The minimum absolute atomic E-state index is 0.204. The van der Waals surface area contributed by atoms with Gasteiger partial charge in [-0.25, -0.2) is 4.98 Å². The van der Waals surface area contributed by atoms with E-state index in [1.807, 2.05) is 0 Å². The fourth-order valence-corrected chi connectivity index (χ4v) is 2.68. The number of nitrogens with zero attached hydrogens (tertiary/aromatic N) is 1. The van der Waals surface area contributed by atoms with Crippen LogP contribution in [0.2, 0.25) is 5.02 Å². The third kappa shape index (κ3) is 3.27. The van der Waals surface area contributed by atoms with Crippen molar-refractivity contribution in [3.05, 3.63) is 57.0 Å². The Bertz CT molecular complexity index is 637. The van der Waals surface area contributed by atoms with Gasteiger partial charge in [0.15, 0.2) is 5.16 Å². The molecule has 0 fully saturated rings. The van der Waals surface area contributed by atoms with Crippen LogP contribution in [0.3, 0.4) is 0 Å². The van der Waals surface area contributed by atoms with Crippen molar-refractivity contribution < 1.29 is 4.21 Å². The van der Waals surface area contributed by atoms with Crippen molar-refractivity contribution in [2.75, 3.05) is 0 Å². The standard InChI is InChI=1S/C12H11ClN2O2S/c1-8-6-11(16)15-12(14-8)18(17)7-9-2-4-10(13)5-3-9/h2-6H,7H2,1H3,(H,14,15,16). The molecule has 0 aliphatic rings. The lowest BCUT2D eigenvalue weighted by Crippen LogP contribution is -2.13. The molecule has 0 amide bonds. The number of benzene rings is 1. The van der Waals surface area contributed by atoms with Crippen molar-refractivity contribution in [2.24, 2.45) is 0 Å². The number of aromatic amines is 1. The van der Waals surface area contributed by atoms with E-state index < -0.39 is 10.8 Å². The van der Waals surface area contributed by atoms with Gasteiger partial charge in [0.25, 0.3) is 5.56 Å². The van der Waals surface area contributed by atoms with Crippen LogP contribution in [0.15, 0.2) is 40.3 Å². The normalized spacial score (nSPS) is 12.3. The highest BCUT2D eigenvalue weighted by atomic mass is 35.5. The van der Waals surface area contributed by atoms with Gasteiger partial charge in [0.05, 0.1) is 16.6 Å². The topological polar surface area (TPSA) is 62.8 Å². The van der Waals surface area contributed by atoms with Gasteiger partial charge in [-0.3, -0.25) is 14.0 Å². The predicted molar refractivity (Wildman–Crippen MR) is 71.2 cm³/mol. The fourth-order valence-electron chi connectivity index (χ4n) is 1.46. The maximum atomic E-state index is 12.0. The Morgan fingerprint density at radius 3 is 2.61 bits per heavy atom. The molecule has 4 nitrogen and oxygen atoms in total. The van der Waals surface area contributed by atoms with Crippen molar-refractivity contribution in [3.8, 4) is 0 Å². The molecular weight excluding hydrogens is 272 g/mol. The van der Waals surface area contributed by atoms with Gasteiger partial charge in [-0.1, -0.05) is 23.7 Å². The molecule has 0 spiro atoms. The first-order chi connectivity index (χ1) is 8.54. The third-order valence-corrected chi connectivity index (χ3v) is 3.75. The highest BCUT2D eigenvalue weighted by molar-refractivity contribution is 7.84. The summed E-state index contributed by atoms with van der Waals surface area (Å²) in [6.07, 6.45) is 0. The van der Waals surface area contributed by atoms with E-state index in [1.54, 1.807) is 31.2 Å². The molecule has 2 aromatic rings. The summed E-state index contributed by atoms with van der Waals surface area (Å²) in [4.78, 5) is 17.8. The first-order valence-electron chi connectivity index (χ1n) is 5.25. The second kappa shape index (κ2) is 5.46. The average Bonchev–Trinajstić information content (AvgIpc) is 2.31. The Labute approximate surface area is 111 Å². The minimum atomic E-state index is -1.37. The zero-order valence-corrected chi connectivity index (χ0v) is 11.2. The molecule has 0 aliphatic carbocycles. The zero-order valence-electron chi connectivity index (χ0n) is 9.64. The van der Waals surface area contributed by atoms with Crippen LogP contribution in [-0.4, -0.2) is 14.2 Å². The number of hydrogen-bond acceptors (Lipinski definition) is 3. The van der Waals surface area contributed by atoms with E-state index >= 15 is 0 Å². The van der Waals surface area contributed by atoms with Gasteiger partial charge < -0.3 is 0 Å². The Balaban J connectivity index is 2.21. The van der Waals surface area contributed by atoms with Gasteiger partial charge in [-0.05, 0) is 24.6 Å². The first kappa shape index (κ1) is 13.0. The van der Waals surface area contributed by atoms with Gasteiger partial charge in [0, 0.05) is 16.8 Å². The summed E-state index contributed by atoms with van der Waals surface area (Å²) >= 11 is 5.77. The molecule has 1 aromatic heterocycles. The largest absolute Gasteiger partial charge is 0.299 e. The summed E-state index contributed by atoms with van der Waals surface area (Å²) in [7, 11) is -1.37. The molecule has 0 saturated heterocycles. The molecule has 0 saturated carbocycles. The van der Waals surface area contributed by atoms with Crippen LogP contribution in [0.25, 0.3) is 0 Å². The van der Waals surface area contributed by atoms with Crippen LogP contribution in [0, 0.1) is 6.92 Å². The highest BCUT2D eigenvalue weighted by Crippen LogP contribution is 2.12. The highest BCUT2D eigenvalue weighted by Gasteiger charge is 2.08. The molecule has 1 aromatic carbocycles. The van der Waals surface area contributed by atoms with Gasteiger partial charge in [-0.2, -0.15) is 0 Å². The molecule has 0 aliphatic heterocycles. The lowest BCUT2D eigenvalue weighted by atomic mass is 10.2. The molecule has 0 bridgehead atoms. The first-order valence-corrected chi connectivity index (χ1v) is 6.95. The summed E-state index contributed by atoms with van der Waals surface area (Å²) in [5, 5.41) is 0.835. The molecular formula is C12H11ClN2O2S. The Kier molecular flexibility index (Phi) is 3.93. The number of aryl methyl sites for hydroxylation is 1. The second-order valence-corrected chi connectivity index (χ2v) is 5.61. The van der Waals surface area contributed by atoms with Crippen LogP contribution >= 0.6 is 11.6 Å². The molecule has 1 heterocycles. The van der Waals surface area contributed by atoms with Crippen LogP contribution in [0.4, 0.5) is 0 Å². The molecule has 1 unspecified atom stereocenters. The lowest BCUT2D eigenvalue weighted by Gasteiger charge is -2.02. The SMILES string of the molecule is Cc1cc(=O)[nH]c(S(=O)Cc2ccc(Cl)cc2)n1. The summed E-state index contributed by atoms with van der Waals surface area (Å²) in [6.45, 7) is 1.69. The molecule has 2 rings (SSSR count). The van der Waals surface area contributed by atoms with Crippen LogP contribution < -0.4 is 5.56 Å². The van der Waals surface area contributed by atoms with E-state index in [9.17, 15) is 9.00 Å². The van der Waals surface area contributed by atoms with Gasteiger partial charge in [0.2, 0.25) is 0 Å². The number of hydrogen-bond donors (Lipinski definition) is 1. The quantitative estimate of drug-likeness (QED) is 0.876. The summed E-state index contributed by atoms with van der Waals surface area (Å²) in [6, 6.07) is 8.44. The van der Waals surface area contributed by atoms with Crippen LogP contribution in [0.1, 0.15) is 11.3 Å². The van der Waals surface area contributed by atoms with Crippen molar-refractivity contribution in [1.82, 2.24) is 9.97 Å². The number of halogens is 1. The van der Waals surface area contributed by atoms with E-state index in [-0.39, 0.29) is 10.7 Å². The van der Waals surface area contributed by atoms with Crippen molar-refractivity contribution in [3.63, 3.8) is 0 Å². The fraction of sp³-hybridized carbons (Fsp3) is 0.167. The average molecular weight is 283 g/mol. The van der Waals surface area contributed by atoms with Gasteiger partial charge in [0.1, 0.15) is 0 Å². The minimum Gasteiger partial charge on any atom is -0.299 e. The van der Waals surface area contributed by atoms with Gasteiger partial charge in [-0.15, -0.1) is 0 Å². The van der Waals surface area contributed by atoms with Gasteiger partial charge >= 0.3 is 0 Å². The Hall–Kier alpha value is -1.46. The predicted octanol–water partition coefficient (Wildman–Crippen LogP) is 2.04. The smallest absolute Gasteiger partial charge is 0.251 e. The van der Waals surface area contributed by atoms with Crippen molar-refractivity contribution >= 4 is 22.4 Å². The molecule has 1 N–H and O–H groups in total. The van der Waals surface area contributed by atoms with E-state index in [0.29, 0.717) is 16.5 Å². The maximum absolute atomic E-state index is 12.0. The Morgan fingerprint density at radius 2 is 2.00 bits per heavy atom. The van der Waals surface area contributed by atoms with E-state index in [0.717, 1.165) is 5.56 Å². The van der Waals surface area contributed by atoms with Crippen LogP contribution in [-0.2, 0) is 16.6 Å². The number of H-pyrrole nitrogens is 1. The zero-order chi connectivity index (χ0) is 13.1. The summed E-state index contributed by atoms with van der Waals surface area (Å²) in [5.41, 5.74) is 1.14. The molecule has 18 heavy (non-hydrogen) atoms. The van der Waals surface area contributed by atoms with Crippen molar-refractivity contribution in [1.29, 1.82) is 0 Å². The Morgan fingerprint density at radius 1 is 1.33 bits per heavy atom. The van der Waals surface area contributed by atoms with Crippen LogP contribution in [0.5, 0.6) is 0 Å².